The minimum Gasteiger partial charge on any atom is -0.480 e. The van der Waals surface area contributed by atoms with Crippen molar-refractivity contribution >= 4 is 12.1 Å². The number of hydrogen-bond acceptors (Lipinski definition) is 5. The van der Waals surface area contributed by atoms with Gasteiger partial charge in [-0.1, -0.05) is 48.5 Å². The number of benzene rings is 2. The lowest BCUT2D eigenvalue weighted by Crippen LogP contribution is -2.71. The van der Waals surface area contributed by atoms with Crippen molar-refractivity contribution in [1.82, 2.24) is 10.4 Å². The van der Waals surface area contributed by atoms with Gasteiger partial charge in [0, 0.05) is 29.8 Å². The lowest BCUT2D eigenvalue weighted by atomic mass is 9.70. The second-order valence-electron chi connectivity index (χ2n) is 10.1. The van der Waals surface area contributed by atoms with Crippen LogP contribution in [0.1, 0.15) is 57.6 Å². The fourth-order valence-electron chi connectivity index (χ4n) is 5.63. The van der Waals surface area contributed by atoms with Gasteiger partial charge in [-0.3, -0.25) is 0 Å². The van der Waals surface area contributed by atoms with Crippen molar-refractivity contribution in [3.8, 4) is 11.1 Å². The number of aliphatic carboxylic acids is 1. The Morgan fingerprint density at radius 1 is 0.969 bits per heavy atom. The molecule has 0 bridgehead atoms. The molecule has 32 heavy (non-hydrogen) atoms. The zero-order valence-corrected chi connectivity index (χ0v) is 18.9. The van der Waals surface area contributed by atoms with Gasteiger partial charge >= 0.3 is 12.1 Å². The molecular formula is C25H30N2O5. The van der Waals surface area contributed by atoms with E-state index in [0.29, 0.717) is 0 Å². The number of ether oxygens (including phenoxy) is 1. The number of carbonyl (C=O) groups is 2. The zero-order valence-electron chi connectivity index (χ0n) is 18.9. The smallest absolute Gasteiger partial charge is 0.408 e. The third kappa shape index (κ3) is 3.65. The van der Waals surface area contributed by atoms with Crippen LogP contribution in [0.3, 0.4) is 0 Å². The summed E-state index contributed by atoms with van der Waals surface area (Å²) in [5, 5.41) is 24.4. The Bertz CT molecular complexity index is 998. The number of amides is 1. The van der Waals surface area contributed by atoms with Gasteiger partial charge in [-0.2, -0.15) is 5.06 Å². The largest absolute Gasteiger partial charge is 0.480 e. The quantitative estimate of drug-likeness (QED) is 0.655. The van der Waals surface area contributed by atoms with Gasteiger partial charge in [0.05, 0.1) is 0 Å². The Balaban J connectivity index is 1.53. The standard InChI is InChI=1S/C25H30N2O5/c1-23(2)14-25(21(28)29,15-24(3,4)27(23)31)26-22(30)32-13-20-18-11-7-5-9-16(18)17-10-6-8-12-19(17)20/h5-12,20,31H,13-15H2,1-4H3,(H,26,30)(H,28,29). The lowest BCUT2D eigenvalue weighted by Gasteiger charge is -2.54. The number of nitrogens with one attached hydrogen (secondary N) is 1. The highest BCUT2D eigenvalue weighted by molar-refractivity contribution is 5.85. The third-order valence-electron chi connectivity index (χ3n) is 6.71. The zero-order chi connectivity index (χ0) is 23.3. The molecule has 1 amide bonds. The number of hydroxylamine groups is 2. The van der Waals surface area contributed by atoms with Gasteiger partial charge in [0.15, 0.2) is 0 Å². The first-order valence-corrected chi connectivity index (χ1v) is 10.8. The molecule has 0 aromatic heterocycles. The summed E-state index contributed by atoms with van der Waals surface area (Å²) in [5.74, 6) is -1.25. The fraction of sp³-hybridized carbons (Fsp3) is 0.440. The highest BCUT2D eigenvalue weighted by Crippen LogP contribution is 2.45. The van der Waals surface area contributed by atoms with Crippen molar-refractivity contribution in [2.24, 2.45) is 0 Å². The maximum Gasteiger partial charge on any atom is 0.408 e. The number of hydrogen-bond donors (Lipinski definition) is 3. The van der Waals surface area contributed by atoms with Crippen molar-refractivity contribution in [2.75, 3.05) is 6.61 Å². The van der Waals surface area contributed by atoms with E-state index in [0.717, 1.165) is 22.3 Å². The Kier molecular flexibility index (Phi) is 5.30. The molecule has 2 aromatic carbocycles. The summed E-state index contributed by atoms with van der Waals surface area (Å²) >= 11 is 0. The Labute approximate surface area is 188 Å². The van der Waals surface area contributed by atoms with E-state index >= 15 is 0 Å². The third-order valence-corrected chi connectivity index (χ3v) is 6.71. The van der Waals surface area contributed by atoms with E-state index in [1.807, 2.05) is 36.4 Å². The number of carbonyl (C=O) groups excluding carboxylic acids is 1. The topological polar surface area (TPSA) is 99.1 Å². The second-order valence-corrected chi connectivity index (χ2v) is 10.1. The average molecular weight is 439 g/mol. The number of alkyl carbamates (subject to hydrolysis) is 1. The predicted octanol–water partition coefficient (Wildman–Crippen LogP) is 4.39. The first kappa shape index (κ1) is 22.3. The van der Waals surface area contributed by atoms with Crippen LogP contribution >= 0.6 is 0 Å². The van der Waals surface area contributed by atoms with Crippen LogP contribution in [0, 0.1) is 0 Å². The lowest BCUT2D eigenvalue weighted by molar-refractivity contribution is -0.255. The maximum absolute atomic E-state index is 12.8. The number of fused-ring (bicyclic) bond motifs is 3. The molecule has 0 saturated carbocycles. The molecule has 3 N–H and O–H groups in total. The van der Waals surface area contributed by atoms with E-state index in [1.165, 1.54) is 5.06 Å². The second kappa shape index (κ2) is 7.60. The van der Waals surface area contributed by atoms with Gasteiger partial charge in [0.25, 0.3) is 0 Å². The predicted molar refractivity (Wildman–Crippen MR) is 120 cm³/mol. The SMILES string of the molecule is CC1(C)CC(NC(=O)OCC2c3ccccc3-c3ccccc32)(C(=O)O)CC(C)(C)N1O. The molecule has 1 aliphatic carbocycles. The van der Waals surface area contributed by atoms with Crippen molar-refractivity contribution in [2.45, 2.75) is 63.1 Å². The molecule has 2 aromatic rings. The molecule has 4 rings (SSSR count). The van der Waals surface area contributed by atoms with E-state index in [1.54, 1.807) is 27.7 Å². The first-order valence-electron chi connectivity index (χ1n) is 10.8. The monoisotopic (exact) mass is 438 g/mol. The van der Waals surface area contributed by atoms with Crippen molar-refractivity contribution in [3.05, 3.63) is 59.7 Å². The number of nitrogens with zero attached hydrogens (tertiary/aromatic N) is 1. The maximum atomic E-state index is 12.8. The number of carboxylic acids is 1. The van der Waals surface area contributed by atoms with Crippen molar-refractivity contribution < 1.29 is 24.6 Å². The van der Waals surface area contributed by atoms with E-state index < -0.39 is 28.7 Å². The van der Waals surface area contributed by atoms with Crippen LogP contribution in [0.5, 0.6) is 0 Å². The van der Waals surface area contributed by atoms with Crippen molar-refractivity contribution in [1.29, 1.82) is 0 Å². The summed E-state index contributed by atoms with van der Waals surface area (Å²) in [7, 11) is 0. The Hall–Kier alpha value is -2.90. The van der Waals surface area contributed by atoms with Crippen LogP contribution < -0.4 is 5.32 Å². The van der Waals surface area contributed by atoms with Gasteiger partial charge in [-0.05, 0) is 49.9 Å². The highest BCUT2D eigenvalue weighted by Gasteiger charge is 2.57. The van der Waals surface area contributed by atoms with E-state index in [9.17, 15) is 19.9 Å². The molecule has 0 radical (unpaired) electrons. The minimum atomic E-state index is -1.55. The molecule has 0 atom stereocenters. The number of carboxylic acid groups (broad SMARTS) is 1. The van der Waals surface area contributed by atoms with Gasteiger partial charge in [-0.15, -0.1) is 0 Å². The molecule has 1 heterocycles. The van der Waals surface area contributed by atoms with Gasteiger partial charge < -0.3 is 20.4 Å². The Morgan fingerprint density at radius 2 is 1.44 bits per heavy atom. The number of piperidine rings is 1. The normalized spacial score (nSPS) is 20.8. The minimum absolute atomic E-state index is 0.0411. The molecular weight excluding hydrogens is 408 g/mol. The summed E-state index contributed by atoms with van der Waals surface area (Å²) in [4.78, 5) is 25.1. The molecule has 170 valence electrons. The van der Waals surface area contributed by atoms with Crippen LogP contribution in [-0.2, 0) is 9.53 Å². The summed E-state index contributed by atoms with van der Waals surface area (Å²) in [6.07, 6.45) is -0.689. The van der Waals surface area contributed by atoms with Gasteiger partial charge in [0.2, 0.25) is 0 Å². The van der Waals surface area contributed by atoms with E-state index in [4.69, 9.17) is 4.74 Å². The fourth-order valence-corrected chi connectivity index (χ4v) is 5.63. The molecule has 2 aliphatic rings. The van der Waals surface area contributed by atoms with Crippen LogP contribution in [0.4, 0.5) is 4.79 Å². The van der Waals surface area contributed by atoms with Gasteiger partial charge in [-0.25, -0.2) is 9.59 Å². The van der Waals surface area contributed by atoms with Gasteiger partial charge in [0.1, 0.15) is 12.1 Å². The summed E-state index contributed by atoms with van der Waals surface area (Å²) < 4.78 is 5.59. The molecule has 7 heteroatoms. The van der Waals surface area contributed by atoms with Crippen LogP contribution in [0.25, 0.3) is 11.1 Å². The highest BCUT2D eigenvalue weighted by atomic mass is 16.5. The average Bonchev–Trinajstić information content (AvgIpc) is 3.04. The number of rotatable bonds is 4. The molecule has 1 aliphatic heterocycles. The first-order chi connectivity index (χ1) is 15.0. The molecule has 1 saturated heterocycles. The van der Waals surface area contributed by atoms with E-state index in [2.05, 4.69) is 17.4 Å². The van der Waals surface area contributed by atoms with Crippen LogP contribution in [0.2, 0.25) is 0 Å². The summed E-state index contributed by atoms with van der Waals surface area (Å²) in [5.41, 5.74) is 1.17. The summed E-state index contributed by atoms with van der Waals surface area (Å²) in [6, 6.07) is 16.1. The van der Waals surface area contributed by atoms with Crippen molar-refractivity contribution in [3.63, 3.8) is 0 Å². The summed E-state index contributed by atoms with van der Waals surface area (Å²) in [6.45, 7) is 7.13. The molecule has 7 nitrogen and oxygen atoms in total. The molecule has 0 spiro atoms. The Morgan fingerprint density at radius 3 is 1.91 bits per heavy atom. The van der Waals surface area contributed by atoms with Crippen LogP contribution in [-0.4, -0.2) is 50.7 Å². The molecule has 1 fully saturated rings. The van der Waals surface area contributed by atoms with E-state index in [-0.39, 0.29) is 25.4 Å². The van der Waals surface area contributed by atoms with Crippen LogP contribution in [0.15, 0.2) is 48.5 Å². The molecule has 0 unspecified atom stereocenters.